The van der Waals surface area contributed by atoms with Crippen LogP contribution in [-0.4, -0.2) is 9.97 Å². The molecule has 0 bridgehead atoms. The maximum Gasteiger partial charge on any atom is 0.161 e. The lowest BCUT2D eigenvalue weighted by Gasteiger charge is -2.31. The summed E-state index contributed by atoms with van der Waals surface area (Å²) in [6.45, 7) is 0. The third-order valence-corrected chi connectivity index (χ3v) is 12.8. The second kappa shape index (κ2) is 11.3. The molecular weight excluding hydrogens is 689 g/mol. The Morgan fingerprint density at radius 2 is 0.912 bits per heavy atom. The van der Waals surface area contributed by atoms with E-state index in [1.807, 2.05) is 0 Å². The van der Waals surface area contributed by atoms with Gasteiger partial charge in [-0.15, -0.1) is 0 Å². The topological polar surface area (TPSA) is 25.8 Å². The first-order valence-corrected chi connectivity index (χ1v) is 19.8. The predicted molar refractivity (Wildman–Crippen MR) is 234 cm³/mol. The molecule has 57 heavy (non-hydrogen) atoms. The second-order valence-electron chi connectivity index (χ2n) is 15.6. The Morgan fingerprint density at radius 1 is 0.333 bits per heavy atom. The molecule has 0 amide bonds. The molecule has 0 saturated heterocycles. The molecule has 3 aliphatic rings. The molecule has 1 aromatic heterocycles. The smallest absolute Gasteiger partial charge is 0.161 e. The molecule has 0 unspecified atom stereocenters. The largest absolute Gasteiger partial charge is 0.228 e. The van der Waals surface area contributed by atoms with Gasteiger partial charge >= 0.3 is 0 Å². The number of fused-ring (bicyclic) bond motifs is 14. The SMILES string of the molecule is c1ccc(-c2cccc(-c3nc(-c4c5c(cc6c4-c4ccccc4C64c6ccccc6-c6ccccc64)-c4cccc6cccc-5c46)nc4ccccc34)c2)cc1. The van der Waals surface area contributed by atoms with Crippen LogP contribution < -0.4 is 0 Å². The first-order valence-electron chi connectivity index (χ1n) is 19.8. The fraction of sp³-hybridized carbons (Fsp3) is 0.0182. The third kappa shape index (κ3) is 3.99. The maximum absolute atomic E-state index is 5.72. The van der Waals surface area contributed by atoms with Gasteiger partial charge in [0.25, 0.3) is 0 Å². The Bertz CT molecular complexity index is 3310. The Kier molecular flexibility index (Phi) is 6.13. The average molecular weight is 721 g/mol. The highest BCUT2D eigenvalue weighted by Gasteiger charge is 2.53. The minimum atomic E-state index is -0.505. The van der Waals surface area contributed by atoms with Crippen LogP contribution >= 0.6 is 0 Å². The van der Waals surface area contributed by atoms with Crippen molar-refractivity contribution in [2.24, 2.45) is 0 Å². The van der Waals surface area contributed by atoms with Gasteiger partial charge in [-0.3, -0.25) is 0 Å². The fourth-order valence-corrected chi connectivity index (χ4v) is 10.6. The van der Waals surface area contributed by atoms with Crippen LogP contribution in [-0.2, 0) is 5.41 Å². The van der Waals surface area contributed by atoms with Crippen LogP contribution in [0.1, 0.15) is 22.3 Å². The van der Waals surface area contributed by atoms with E-state index in [2.05, 4.69) is 194 Å². The molecule has 9 aromatic carbocycles. The van der Waals surface area contributed by atoms with E-state index in [0.29, 0.717) is 0 Å². The summed E-state index contributed by atoms with van der Waals surface area (Å²) in [5, 5.41) is 3.58. The summed E-state index contributed by atoms with van der Waals surface area (Å²) < 4.78 is 0. The molecule has 3 aliphatic carbocycles. The molecule has 1 heterocycles. The lowest BCUT2D eigenvalue weighted by atomic mass is 9.70. The first-order chi connectivity index (χ1) is 28.3. The van der Waals surface area contributed by atoms with Gasteiger partial charge in [0.15, 0.2) is 5.82 Å². The van der Waals surface area contributed by atoms with Gasteiger partial charge in [0, 0.05) is 22.1 Å². The number of hydrogen-bond donors (Lipinski definition) is 0. The first kappa shape index (κ1) is 30.9. The van der Waals surface area contributed by atoms with Crippen LogP contribution in [0.4, 0.5) is 0 Å². The molecule has 10 aromatic rings. The van der Waals surface area contributed by atoms with Crippen molar-refractivity contribution in [3.63, 3.8) is 0 Å². The van der Waals surface area contributed by atoms with E-state index in [1.165, 1.54) is 83.1 Å². The van der Waals surface area contributed by atoms with Gasteiger partial charge in [-0.2, -0.15) is 0 Å². The summed E-state index contributed by atoms with van der Waals surface area (Å²) >= 11 is 0. The minimum absolute atomic E-state index is 0.505. The van der Waals surface area contributed by atoms with Gasteiger partial charge in [-0.25, -0.2) is 9.97 Å². The Labute approximate surface area is 330 Å². The van der Waals surface area contributed by atoms with Crippen molar-refractivity contribution >= 4 is 21.7 Å². The summed E-state index contributed by atoms with van der Waals surface area (Å²) in [6, 6.07) is 71.1. The van der Waals surface area contributed by atoms with E-state index in [-0.39, 0.29) is 0 Å². The molecular formula is C55H32N2. The molecule has 2 nitrogen and oxygen atoms in total. The Balaban J connectivity index is 1.20. The molecule has 2 heteroatoms. The van der Waals surface area contributed by atoms with Gasteiger partial charge in [-0.05, 0) is 101 Å². The molecule has 0 aliphatic heterocycles. The van der Waals surface area contributed by atoms with E-state index in [4.69, 9.17) is 9.97 Å². The Hall–Kier alpha value is -7.42. The quantitative estimate of drug-likeness (QED) is 0.182. The highest BCUT2D eigenvalue weighted by molar-refractivity contribution is 6.21. The van der Waals surface area contributed by atoms with Gasteiger partial charge in [0.2, 0.25) is 0 Å². The van der Waals surface area contributed by atoms with Crippen molar-refractivity contribution in [3.8, 4) is 78.3 Å². The lowest BCUT2D eigenvalue weighted by molar-refractivity contribution is 0.794. The van der Waals surface area contributed by atoms with Crippen molar-refractivity contribution in [3.05, 3.63) is 216 Å². The third-order valence-electron chi connectivity index (χ3n) is 12.8. The molecule has 0 saturated carbocycles. The van der Waals surface area contributed by atoms with Crippen LogP contribution in [0.3, 0.4) is 0 Å². The second-order valence-corrected chi connectivity index (χ2v) is 15.6. The highest BCUT2D eigenvalue weighted by Crippen LogP contribution is 2.67. The van der Waals surface area contributed by atoms with Gasteiger partial charge < -0.3 is 0 Å². The highest BCUT2D eigenvalue weighted by atomic mass is 14.9. The summed E-state index contributed by atoms with van der Waals surface area (Å²) in [5.74, 6) is 0.748. The van der Waals surface area contributed by atoms with Gasteiger partial charge in [0.1, 0.15) is 0 Å². The van der Waals surface area contributed by atoms with E-state index < -0.39 is 5.41 Å². The fourth-order valence-electron chi connectivity index (χ4n) is 10.6. The zero-order valence-electron chi connectivity index (χ0n) is 30.9. The van der Waals surface area contributed by atoms with Crippen molar-refractivity contribution in [1.82, 2.24) is 9.97 Å². The zero-order valence-corrected chi connectivity index (χ0v) is 30.9. The summed E-state index contributed by atoms with van der Waals surface area (Å²) in [7, 11) is 0. The normalized spacial score (nSPS) is 13.4. The lowest BCUT2D eigenvalue weighted by Crippen LogP contribution is -2.26. The van der Waals surface area contributed by atoms with Crippen molar-refractivity contribution in [2.45, 2.75) is 5.41 Å². The van der Waals surface area contributed by atoms with Gasteiger partial charge in [0.05, 0.1) is 16.6 Å². The monoisotopic (exact) mass is 720 g/mol. The number of aromatic nitrogens is 2. The van der Waals surface area contributed by atoms with Crippen LogP contribution in [0, 0.1) is 0 Å². The standard InChI is InChI=1S/C55H32N2/c1-2-15-33(16-3-1)35-19-12-20-36(31-35)53-41-24-7-11-30-48(41)56-54(57-53)52-50-42-26-14-18-34-17-13-25-39(49(34)42)43(50)32-47-51(52)40-23-6-10-29-46(40)55(47)44-27-8-4-21-37(44)38-22-5-9-28-45(38)55/h1-32H. The van der Waals surface area contributed by atoms with Crippen LogP contribution in [0.5, 0.6) is 0 Å². The number of benzene rings is 9. The molecule has 1 spiro atoms. The van der Waals surface area contributed by atoms with Crippen LogP contribution in [0.25, 0.3) is 100.0 Å². The van der Waals surface area contributed by atoms with Crippen LogP contribution in [0.2, 0.25) is 0 Å². The van der Waals surface area contributed by atoms with E-state index in [1.54, 1.807) is 0 Å². The van der Waals surface area contributed by atoms with Gasteiger partial charge in [-0.1, -0.05) is 176 Å². The number of para-hydroxylation sites is 1. The minimum Gasteiger partial charge on any atom is -0.228 e. The maximum atomic E-state index is 5.72. The van der Waals surface area contributed by atoms with E-state index in [9.17, 15) is 0 Å². The Morgan fingerprint density at radius 3 is 1.68 bits per heavy atom. The molecule has 13 rings (SSSR count). The molecule has 262 valence electrons. The number of rotatable bonds is 3. The molecule has 0 atom stereocenters. The van der Waals surface area contributed by atoms with E-state index in [0.717, 1.165) is 39.1 Å². The molecule has 0 fully saturated rings. The molecule has 0 N–H and O–H groups in total. The molecule has 0 radical (unpaired) electrons. The number of nitrogens with zero attached hydrogens (tertiary/aromatic N) is 2. The van der Waals surface area contributed by atoms with Crippen molar-refractivity contribution in [2.75, 3.05) is 0 Å². The summed E-state index contributed by atoms with van der Waals surface area (Å²) in [5.41, 5.74) is 21.2. The zero-order chi connectivity index (χ0) is 37.2. The van der Waals surface area contributed by atoms with Crippen molar-refractivity contribution in [1.29, 1.82) is 0 Å². The number of hydrogen-bond acceptors (Lipinski definition) is 2. The predicted octanol–water partition coefficient (Wildman–Crippen LogP) is 13.8. The van der Waals surface area contributed by atoms with Crippen molar-refractivity contribution < 1.29 is 0 Å². The average Bonchev–Trinajstić information content (AvgIpc) is 3.88. The summed E-state index contributed by atoms with van der Waals surface area (Å²) in [4.78, 5) is 11.3. The van der Waals surface area contributed by atoms with E-state index >= 15 is 0 Å². The summed E-state index contributed by atoms with van der Waals surface area (Å²) in [6.07, 6.45) is 0. The van der Waals surface area contributed by atoms with Crippen LogP contribution in [0.15, 0.2) is 194 Å².